The minimum Gasteiger partial charge on any atom is -0.309 e. The summed E-state index contributed by atoms with van der Waals surface area (Å²) in [7, 11) is 3.81. The minimum absolute atomic E-state index is 0.232. The third kappa shape index (κ3) is 3.55. The van der Waals surface area contributed by atoms with Crippen molar-refractivity contribution in [2.75, 3.05) is 20.6 Å². The Kier molecular flexibility index (Phi) is 4.15. The van der Waals surface area contributed by atoms with Gasteiger partial charge in [-0.05, 0) is 45.1 Å². The van der Waals surface area contributed by atoms with Crippen molar-refractivity contribution in [1.29, 1.82) is 0 Å². The predicted octanol–water partition coefficient (Wildman–Crippen LogP) is 2.60. The van der Waals surface area contributed by atoms with Crippen LogP contribution in [0, 0.1) is 17.5 Å². The molecular weight excluding hydrogens is 203 g/mol. The van der Waals surface area contributed by atoms with Gasteiger partial charge in [0.25, 0.3) is 0 Å². The zero-order chi connectivity index (χ0) is 11.4. The fraction of sp³-hybridized carbons (Fsp3) is 0.455. The Bertz CT molecular complexity index is 337. The molecule has 0 saturated heterocycles. The van der Waals surface area contributed by atoms with Crippen LogP contribution in [0.3, 0.4) is 0 Å². The highest BCUT2D eigenvalue weighted by Crippen LogP contribution is 2.15. The summed E-state index contributed by atoms with van der Waals surface area (Å²) in [5.41, 5.74) is 0.232. The van der Waals surface area contributed by atoms with E-state index in [4.69, 9.17) is 0 Å². The lowest BCUT2D eigenvalue weighted by molar-refractivity contribution is 0.398. The third-order valence-electron chi connectivity index (χ3n) is 2.14. The van der Waals surface area contributed by atoms with E-state index < -0.39 is 17.5 Å². The standard InChI is InChI=1S/C11H14F3N/c1-15(2)5-3-4-8-6-10(13)11(14)7-9(8)12/h6-7H,3-5H2,1-2H3. The van der Waals surface area contributed by atoms with Gasteiger partial charge in [0.2, 0.25) is 0 Å². The molecule has 15 heavy (non-hydrogen) atoms. The first-order valence-electron chi connectivity index (χ1n) is 4.79. The Labute approximate surface area is 87.5 Å². The van der Waals surface area contributed by atoms with Gasteiger partial charge >= 0.3 is 0 Å². The Hall–Kier alpha value is -1.03. The maximum absolute atomic E-state index is 13.1. The second-order valence-corrected chi connectivity index (χ2v) is 3.76. The fourth-order valence-electron chi connectivity index (χ4n) is 1.34. The van der Waals surface area contributed by atoms with E-state index in [9.17, 15) is 13.2 Å². The summed E-state index contributed by atoms with van der Waals surface area (Å²) in [6.07, 6.45) is 1.14. The van der Waals surface area contributed by atoms with E-state index in [0.717, 1.165) is 19.0 Å². The summed E-state index contributed by atoms with van der Waals surface area (Å²) >= 11 is 0. The molecule has 1 rings (SSSR count). The zero-order valence-electron chi connectivity index (χ0n) is 8.86. The quantitative estimate of drug-likeness (QED) is 0.701. The predicted molar refractivity (Wildman–Crippen MR) is 53.2 cm³/mol. The minimum atomic E-state index is -1.14. The largest absolute Gasteiger partial charge is 0.309 e. The molecule has 1 aromatic carbocycles. The molecule has 1 aromatic rings. The number of halogens is 3. The van der Waals surface area contributed by atoms with Gasteiger partial charge in [0, 0.05) is 6.07 Å². The monoisotopic (exact) mass is 217 g/mol. The first-order chi connectivity index (χ1) is 7.00. The van der Waals surface area contributed by atoms with Crippen molar-refractivity contribution < 1.29 is 13.2 Å². The molecule has 4 heteroatoms. The summed E-state index contributed by atoms with van der Waals surface area (Å²) in [5.74, 6) is -2.80. The van der Waals surface area contributed by atoms with Crippen LogP contribution in [0.2, 0.25) is 0 Å². The average Bonchev–Trinajstić information content (AvgIpc) is 2.13. The molecule has 0 aliphatic rings. The molecule has 0 amide bonds. The summed E-state index contributed by atoms with van der Waals surface area (Å²) in [6, 6.07) is 1.53. The van der Waals surface area contributed by atoms with E-state index >= 15 is 0 Å². The van der Waals surface area contributed by atoms with E-state index in [-0.39, 0.29) is 5.56 Å². The van der Waals surface area contributed by atoms with Crippen molar-refractivity contribution in [2.45, 2.75) is 12.8 Å². The van der Waals surface area contributed by atoms with Crippen molar-refractivity contribution in [2.24, 2.45) is 0 Å². The van der Waals surface area contributed by atoms with Gasteiger partial charge in [-0.2, -0.15) is 0 Å². The summed E-state index contributed by atoms with van der Waals surface area (Å²) in [6.45, 7) is 0.790. The molecule has 0 aliphatic heterocycles. The van der Waals surface area contributed by atoms with Gasteiger partial charge in [-0.15, -0.1) is 0 Å². The molecular formula is C11H14F3N. The molecule has 0 heterocycles. The number of hydrogen-bond donors (Lipinski definition) is 0. The highest BCUT2D eigenvalue weighted by Gasteiger charge is 2.09. The fourth-order valence-corrected chi connectivity index (χ4v) is 1.34. The third-order valence-corrected chi connectivity index (χ3v) is 2.14. The number of benzene rings is 1. The number of aryl methyl sites for hydroxylation is 1. The van der Waals surface area contributed by atoms with Crippen molar-refractivity contribution >= 4 is 0 Å². The highest BCUT2D eigenvalue weighted by molar-refractivity contribution is 5.20. The maximum Gasteiger partial charge on any atom is 0.161 e. The van der Waals surface area contributed by atoms with Crippen LogP contribution in [0.1, 0.15) is 12.0 Å². The smallest absolute Gasteiger partial charge is 0.161 e. The van der Waals surface area contributed by atoms with E-state index in [1.807, 2.05) is 19.0 Å². The molecule has 0 fully saturated rings. The molecule has 84 valence electrons. The Morgan fingerprint density at radius 3 is 2.20 bits per heavy atom. The van der Waals surface area contributed by atoms with Gasteiger partial charge < -0.3 is 4.90 Å². The second-order valence-electron chi connectivity index (χ2n) is 3.76. The van der Waals surface area contributed by atoms with Crippen LogP contribution in [0.15, 0.2) is 12.1 Å². The maximum atomic E-state index is 13.1. The number of hydrogen-bond acceptors (Lipinski definition) is 1. The lowest BCUT2D eigenvalue weighted by Gasteiger charge is -2.09. The van der Waals surface area contributed by atoms with Crippen LogP contribution in [0.5, 0.6) is 0 Å². The normalized spacial score (nSPS) is 11.1. The van der Waals surface area contributed by atoms with Crippen molar-refractivity contribution in [3.05, 3.63) is 35.1 Å². The first kappa shape index (κ1) is 12.0. The molecule has 0 bridgehead atoms. The van der Waals surface area contributed by atoms with Gasteiger partial charge in [0.15, 0.2) is 11.6 Å². The van der Waals surface area contributed by atoms with Crippen LogP contribution in [-0.4, -0.2) is 25.5 Å². The van der Waals surface area contributed by atoms with Crippen molar-refractivity contribution in [3.63, 3.8) is 0 Å². The lowest BCUT2D eigenvalue weighted by Crippen LogP contribution is -2.13. The van der Waals surface area contributed by atoms with Gasteiger partial charge in [0.05, 0.1) is 0 Å². The molecule has 0 aliphatic carbocycles. The molecule has 0 unspecified atom stereocenters. The molecule has 0 saturated carbocycles. The van der Waals surface area contributed by atoms with Crippen LogP contribution in [-0.2, 0) is 6.42 Å². The molecule has 0 radical (unpaired) electrons. The number of nitrogens with zero attached hydrogens (tertiary/aromatic N) is 1. The molecule has 0 atom stereocenters. The van der Waals surface area contributed by atoms with E-state index in [2.05, 4.69) is 0 Å². The first-order valence-corrected chi connectivity index (χ1v) is 4.79. The Morgan fingerprint density at radius 1 is 1.00 bits per heavy atom. The van der Waals surface area contributed by atoms with Crippen LogP contribution in [0.25, 0.3) is 0 Å². The molecule has 0 N–H and O–H groups in total. The molecule has 0 aromatic heterocycles. The van der Waals surface area contributed by atoms with E-state index in [0.29, 0.717) is 12.5 Å². The SMILES string of the molecule is CN(C)CCCc1cc(F)c(F)cc1F. The number of rotatable bonds is 4. The van der Waals surface area contributed by atoms with Crippen LogP contribution >= 0.6 is 0 Å². The molecule has 0 spiro atoms. The van der Waals surface area contributed by atoms with Gasteiger partial charge in [-0.25, -0.2) is 13.2 Å². The molecule has 1 nitrogen and oxygen atoms in total. The average molecular weight is 217 g/mol. The Morgan fingerprint density at radius 2 is 1.60 bits per heavy atom. The van der Waals surface area contributed by atoms with E-state index in [1.54, 1.807) is 0 Å². The highest BCUT2D eigenvalue weighted by atomic mass is 19.2. The van der Waals surface area contributed by atoms with E-state index in [1.165, 1.54) is 0 Å². The van der Waals surface area contributed by atoms with Crippen LogP contribution < -0.4 is 0 Å². The summed E-state index contributed by atoms with van der Waals surface area (Å²) < 4.78 is 38.5. The van der Waals surface area contributed by atoms with Gasteiger partial charge in [0.1, 0.15) is 5.82 Å². The Balaban J connectivity index is 2.65. The van der Waals surface area contributed by atoms with Gasteiger partial charge in [-0.1, -0.05) is 0 Å². The zero-order valence-corrected chi connectivity index (χ0v) is 8.86. The van der Waals surface area contributed by atoms with Crippen LogP contribution in [0.4, 0.5) is 13.2 Å². The topological polar surface area (TPSA) is 3.24 Å². The lowest BCUT2D eigenvalue weighted by atomic mass is 10.1. The second kappa shape index (κ2) is 5.16. The summed E-state index contributed by atoms with van der Waals surface area (Å²) in [5, 5.41) is 0. The van der Waals surface area contributed by atoms with Crippen molar-refractivity contribution in [3.8, 4) is 0 Å². The summed E-state index contributed by atoms with van der Waals surface area (Å²) in [4.78, 5) is 1.96. The van der Waals surface area contributed by atoms with Gasteiger partial charge in [-0.3, -0.25) is 0 Å². The van der Waals surface area contributed by atoms with Crippen molar-refractivity contribution in [1.82, 2.24) is 4.90 Å².